The molecule has 0 saturated carbocycles. The van der Waals surface area contributed by atoms with E-state index in [1.807, 2.05) is 37.4 Å². The molecule has 0 unspecified atom stereocenters. The predicted octanol–water partition coefficient (Wildman–Crippen LogP) is 2.62. The van der Waals surface area contributed by atoms with Gasteiger partial charge in [-0.3, -0.25) is 4.68 Å². The number of aromatic nitrogens is 2. The van der Waals surface area contributed by atoms with E-state index in [1.54, 1.807) is 10.9 Å². The van der Waals surface area contributed by atoms with Crippen molar-refractivity contribution in [3.8, 4) is 0 Å². The van der Waals surface area contributed by atoms with E-state index in [9.17, 15) is 9.90 Å². The fraction of sp³-hybridized carbons (Fsp3) is 0.200. The Kier molecular flexibility index (Phi) is 3.72. The number of hydrogen-bond donors (Lipinski definition) is 2. The van der Waals surface area contributed by atoms with Crippen LogP contribution in [0.15, 0.2) is 36.5 Å². The molecule has 2 aromatic heterocycles. The van der Waals surface area contributed by atoms with Crippen LogP contribution in [0.25, 0.3) is 10.1 Å². The van der Waals surface area contributed by atoms with Crippen LogP contribution >= 0.6 is 11.3 Å². The largest absolute Gasteiger partial charge is 0.477 e. The fourth-order valence-electron chi connectivity index (χ4n) is 2.34. The lowest BCUT2D eigenvalue weighted by molar-refractivity contribution is 0.0701. The van der Waals surface area contributed by atoms with E-state index >= 15 is 0 Å². The Morgan fingerprint density at radius 3 is 2.86 bits per heavy atom. The number of thiophene rings is 1. The lowest BCUT2D eigenvalue weighted by Gasteiger charge is -2.06. The molecular weight excluding hydrogens is 286 g/mol. The van der Waals surface area contributed by atoms with Crippen molar-refractivity contribution < 1.29 is 9.90 Å². The number of carboxylic acid groups (broad SMARTS) is 1. The van der Waals surface area contributed by atoms with E-state index in [0.29, 0.717) is 18.0 Å². The minimum Gasteiger partial charge on any atom is -0.477 e. The van der Waals surface area contributed by atoms with Crippen LogP contribution in [0.2, 0.25) is 0 Å². The molecule has 0 saturated heterocycles. The summed E-state index contributed by atoms with van der Waals surface area (Å²) in [6, 6.07) is 9.73. The quantitative estimate of drug-likeness (QED) is 0.760. The lowest BCUT2D eigenvalue weighted by Crippen LogP contribution is -2.16. The number of aromatic carboxylic acids is 1. The summed E-state index contributed by atoms with van der Waals surface area (Å²) in [5, 5.41) is 17.8. The zero-order valence-corrected chi connectivity index (χ0v) is 12.4. The van der Waals surface area contributed by atoms with Gasteiger partial charge in [-0.1, -0.05) is 18.2 Å². The first-order valence-corrected chi connectivity index (χ1v) is 7.40. The third-order valence-corrected chi connectivity index (χ3v) is 4.62. The summed E-state index contributed by atoms with van der Waals surface area (Å²) in [7, 11) is 1.89. The van der Waals surface area contributed by atoms with Crippen molar-refractivity contribution in [1.82, 2.24) is 15.1 Å². The second-order valence-corrected chi connectivity index (χ2v) is 5.81. The smallest absolute Gasteiger partial charge is 0.346 e. The van der Waals surface area contributed by atoms with Crippen molar-refractivity contribution >= 4 is 27.4 Å². The number of benzene rings is 1. The first kappa shape index (κ1) is 13.8. The van der Waals surface area contributed by atoms with Crippen LogP contribution in [-0.4, -0.2) is 20.9 Å². The first-order chi connectivity index (χ1) is 10.2. The van der Waals surface area contributed by atoms with Gasteiger partial charge in [-0.05, 0) is 23.1 Å². The number of aryl methyl sites for hydroxylation is 1. The van der Waals surface area contributed by atoms with Crippen LogP contribution in [-0.2, 0) is 20.1 Å². The van der Waals surface area contributed by atoms with Gasteiger partial charge in [-0.25, -0.2) is 4.79 Å². The minimum absolute atomic E-state index is 0.411. The molecule has 3 aromatic rings. The summed E-state index contributed by atoms with van der Waals surface area (Å²) in [6.07, 6.45) is 1.75. The highest BCUT2D eigenvalue weighted by Gasteiger charge is 2.17. The first-order valence-electron chi connectivity index (χ1n) is 6.58. The molecule has 108 valence electrons. The molecule has 2 heterocycles. The van der Waals surface area contributed by atoms with Crippen molar-refractivity contribution in [3.05, 3.63) is 52.7 Å². The van der Waals surface area contributed by atoms with E-state index in [1.165, 1.54) is 11.3 Å². The van der Waals surface area contributed by atoms with Crippen molar-refractivity contribution in [2.24, 2.45) is 7.05 Å². The Labute approximate surface area is 125 Å². The number of carbonyl (C=O) groups is 1. The van der Waals surface area contributed by atoms with Gasteiger partial charge in [-0.2, -0.15) is 5.10 Å². The van der Waals surface area contributed by atoms with Gasteiger partial charge in [0.05, 0.1) is 5.69 Å². The molecule has 0 aliphatic heterocycles. The highest BCUT2D eigenvalue weighted by molar-refractivity contribution is 7.21. The summed E-state index contributed by atoms with van der Waals surface area (Å²) in [5.41, 5.74) is 1.91. The maximum absolute atomic E-state index is 11.4. The highest BCUT2D eigenvalue weighted by Crippen LogP contribution is 2.31. The number of nitrogens with one attached hydrogen (secondary N) is 1. The summed E-state index contributed by atoms with van der Waals surface area (Å²) >= 11 is 1.33. The summed E-state index contributed by atoms with van der Waals surface area (Å²) < 4.78 is 2.81. The molecule has 0 amide bonds. The van der Waals surface area contributed by atoms with Gasteiger partial charge in [0, 0.05) is 31.0 Å². The molecule has 0 spiro atoms. The number of nitrogens with zero attached hydrogens (tertiary/aromatic N) is 2. The SMILES string of the molecule is Cn1nccc1CNCc1c(C(=O)O)sc2ccccc12. The van der Waals surface area contributed by atoms with E-state index in [0.717, 1.165) is 21.3 Å². The molecule has 2 N–H and O–H groups in total. The van der Waals surface area contributed by atoms with Crippen molar-refractivity contribution in [3.63, 3.8) is 0 Å². The van der Waals surface area contributed by atoms with E-state index < -0.39 is 5.97 Å². The van der Waals surface area contributed by atoms with Gasteiger partial charge in [-0.15, -0.1) is 11.3 Å². The normalized spacial score (nSPS) is 11.1. The molecule has 0 atom stereocenters. The Bertz CT molecular complexity index is 791. The summed E-state index contributed by atoms with van der Waals surface area (Å²) in [4.78, 5) is 11.8. The number of hydrogen-bond acceptors (Lipinski definition) is 4. The van der Waals surface area contributed by atoms with Crippen LogP contribution in [0.3, 0.4) is 0 Å². The Morgan fingerprint density at radius 2 is 2.14 bits per heavy atom. The fourth-order valence-corrected chi connectivity index (χ4v) is 3.40. The topological polar surface area (TPSA) is 67.2 Å². The lowest BCUT2D eigenvalue weighted by atomic mass is 10.1. The molecule has 0 aliphatic rings. The third kappa shape index (κ3) is 2.68. The Hall–Kier alpha value is -2.18. The average Bonchev–Trinajstić information content (AvgIpc) is 3.04. The third-order valence-electron chi connectivity index (χ3n) is 3.42. The number of fused-ring (bicyclic) bond motifs is 1. The molecule has 0 bridgehead atoms. The molecule has 0 radical (unpaired) electrons. The molecular formula is C15H15N3O2S. The Morgan fingerprint density at radius 1 is 1.33 bits per heavy atom. The molecule has 6 heteroatoms. The second kappa shape index (κ2) is 5.67. The minimum atomic E-state index is -0.867. The zero-order chi connectivity index (χ0) is 14.8. The van der Waals surface area contributed by atoms with Gasteiger partial charge in [0.25, 0.3) is 0 Å². The number of carboxylic acids is 1. The van der Waals surface area contributed by atoms with Crippen LogP contribution in [0.5, 0.6) is 0 Å². The maximum atomic E-state index is 11.4. The van der Waals surface area contributed by atoms with Gasteiger partial charge >= 0.3 is 5.97 Å². The van der Waals surface area contributed by atoms with Gasteiger partial charge in [0.2, 0.25) is 0 Å². The summed E-state index contributed by atoms with van der Waals surface area (Å²) in [5.74, 6) is -0.867. The van der Waals surface area contributed by atoms with Crippen molar-refractivity contribution in [1.29, 1.82) is 0 Å². The second-order valence-electron chi connectivity index (χ2n) is 4.76. The predicted molar refractivity (Wildman–Crippen MR) is 82.5 cm³/mol. The van der Waals surface area contributed by atoms with Gasteiger partial charge in [0.1, 0.15) is 4.88 Å². The van der Waals surface area contributed by atoms with Crippen LogP contribution in [0, 0.1) is 0 Å². The summed E-state index contributed by atoms with van der Waals surface area (Å²) in [6.45, 7) is 1.18. The number of rotatable bonds is 5. The van der Waals surface area contributed by atoms with E-state index in [4.69, 9.17) is 0 Å². The van der Waals surface area contributed by atoms with Gasteiger partial charge in [0.15, 0.2) is 0 Å². The molecule has 0 fully saturated rings. The molecule has 21 heavy (non-hydrogen) atoms. The van der Waals surface area contributed by atoms with Crippen LogP contribution in [0.4, 0.5) is 0 Å². The van der Waals surface area contributed by atoms with Crippen molar-refractivity contribution in [2.45, 2.75) is 13.1 Å². The Balaban J connectivity index is 1.84. The zero-order valence-electron chi connectivity index (χ0n) is 11.5. The van der Waals surface area contributed by atoms with E-state index in [2.05, 4.69) is 10.4 Å². The van der Waals surface area contributed by atoms with Crippen LogP contribution < -0.4 is 5.32 Å². The maximum Gasteiger partial charge on any atom is 0.346 e. The van der Waals surface area contributed by atoms with Crippen LogP contribution in [0.1, 0.15) is 20.9 Å². The average molecular weight is 301 g/mol. The standard InChI is InChI=1S/C15H15N3O2S/c1-18-10(6-7-17-18)8-16-9-12-11-4-2-3-5-13(11)21-14(12)15(19)20/h2-7,16H,8-9H2,1H3,(H,19,20). The monoisotopic (exact) mass is 301 g/mol. The highest BCUT2D eigenvalue weighted by atomic mass is 32.1. The molecule has 3 rings (SSSR count). The molecule has 5 nitrogen and oxygen atoms in total. The van der Waals surface area contributed by atoms with Crippen molar-refractivity contribution in [2.75, 3.05) is 0 Å². The van der Waals surface area contributed by atoms with E-state index in [-0.39, 0.29) is 0 Å². The van der Waals surface area contributed by atoms with Gasteiger partial charge < -0.3 is 10.4 Å². The molecule has 0 aliphatic carbocycles. The molecule has 1 aromatic carbocycles.